The molecule has 0 aromatic carbocycles. The molecule has 4 heteroatoms. The second-order valence-electron chi connectivity index (χ2n) is 6.18. The first-order valence-electron chi connectivity index (χ1n) is 7.70. The van der Waals surface area contributed by atoms with Gasteiger partial charge in [-0.25, -0.2) is 0 Å². The molecule has 3 heterocycles. The number of aryl methyl sites for hydroxylation is 1. The Bertz CT molecular complexity index is 485. The van der Waals surface area contributed by atoms with Crippen LogP contribution in [-0.4, -0.2) is 47.9 Å². The normalized spacial score (nSPS) is 27.4. The van der Waals surface area contributed by atoms with Gasteiger partial charge in [0, 0.05) is 28.4 Å². The second-order valence-corrected chi connectivity index (χ2v) is 7.55. The molecule has 20 heavy (non-hydrogen) atoms. The van der Waals surface area contributed by atoms with E-state index < -0.39 is 0 Å². The number of thiophene rings is 1. The lowest BCUT2D eigenvalue weighted by Crippen LogP contribution is -2.47. The third kappa shape index (κ3) is 2.77. The van der Waals surface area contributed by atoms with E-state index in [1.54, 1.807) is 11.3 Å². The van der Waals surface area contributed by atoms with Crippen molar-refractivity contribution < 1.29 is 4.79 Å². The van der Waals surface area contributed by atoms with Gasteiger partial charge in [-0.05, 0) is 58.3 Å². The number of amides is 1. The minimum atomic E-state index is 0.328. The van der Waals surface area contributed by atoms with Gasteiger partial charge in [0.05, 0.1) is 6.42 Å². The highest BCUT2D eigenvalue weighted by molar-refractivity contribution is 7.12. The summed E-state index contributed by atoms with van der Waals surface area (Å²) in [6.07, 6.45) is 5.48. The van der Waals surface area contributed by atoms with E-state index in [9.17, 15) is 4.79 Å². The molecule has 2 aliphatic rings. The summed E-state index contributed by atoms with van der Waals surface area (Å²) < 4.78 is 0. The quantitative estimate of drug-likeness (QED) is 0.855. The number of likely N-dealkylation sites (tertiary alicyclic amines) is 2. The summed E-state index contributed by atoms with van der Waals surface area (Å²) in [5.41, 5.74) is 0. The van der Waals surface area contributed by atoms with Gasteiger partial charge in [0.1, 0.15) is 0 Å². The summed E-state index contributed by atoms with van der Waals surface area (Å²) in [5.74, 6) is 0.328. The molecule has 0 spiro atoms. The van der Waals surface area contributed by atoms with Crippen LogP contribution in [-0.2, 0) is 11.2 Å². The van der Waals surface area contributed by atoms with Crippen molar-refractivity contribution >= 4 is 17.2 Å². The average Bonchev–Trinajstić information content (AvgIpc) is 3.10. The maximum absolute atomic E-state index is 12.6. The Morgan fingerprint density at radius 1 is 1.25 bits per heavy atom. The maximum Gasteiger partial charge on any atom is 0.228 e. The van der Waals surface area contributed by atoms with Gasteiger partial charge >= 0.3 is 0 Å². The Labute approximate surface area is 125 Å². The van der Waals surface area contributed by atoms with E-state index in [1.807, 2.05) is 0 Å². The summed E-state index contributed by atoms with van der Waals surface area (Å²) in [6.45, 7) is 4.25. The van der Waals surface area contributed by atoms with Crippen molar-refractivity contribution in [2.24, 2.45) is 0 Å². The first kappa shape index (κ1) is 14.1. The highest BCUT2D eigenvalue weighted by Crippen LogP contribution is 2.29. The zero-order valence-electron chi connectivity index (χ0n) is 12.5. The fraction of sp³-hybridized carbons (Fsp3) is 0.688. The van der Waals surface area contributed by atoms with Crippen LogP contribution < -0.4 is 0 Å². The minimum Gasteiger partial charge on any atom is -0.338 e. The van der Waals surface area contributed by atoms with Gasteiger partial charge in [-0.1, -0.05) is 0 Å². The molecular weight excluding hydrogens is 268 g/mol. The summed E-state index contributed by atoms with van der Waals surface area (Å²) in [7, 11) is 2.21. The van der Waals surface area contributed by atoms with Gasteiger partial charge in [0.2, 0.25) is 5.91 Å². The molecule has 0 unspecified atom stereocenters. The Balaban J connectivity index is 1.67. The van der Waals surface area contributed by atoms with Crippen molar-refractivity contribution in [3.63, 3.8) is 0 Å². The molecule has 2 atom stereocenters. The van der Waals surface area contributed by atoms with E-state index >= 15 is 0 Å². The lowest BCUT2D eigenvalue weighted by atomic mass is 10.0. The molecule has 1 aromatic heterocycles. The van der Waals surface area contributed by atoms with Crippen LogP contribution in [0.4, 0.5) is 0 Å². The Kier molecular flexibility index (Phi) is 4.13. The van der Waals surface area contributed by atoms with Gasteiger partial charge < -0.3 is 9.80 Å². The summed E-state index contributed by atoms with van der Waals surface area (Å²) in [4.78, 5) is 19.7. The van der Waals surface area contributed by atoms with Gasteiger partial charge in [0.25, 0.3) is 0 Å². The molecule has 3 nitrogen and oxygen atoms in total. The first-order chi connectivity index (χ1) is 9.65. The highest BCUT2D eigenvalue weighted by Gasteiger charge is 2.38. The zero-order valence-corrected chi connectivity index (χ0v) is 13.3. The predicted molar refractivity (Wildman–Crippen MR) is 83.1 cm³/mol. The lowest BCUT2D eigenvalue weighted by molar-refractivity contribution is -0.132. The summed E-state index contributed by atoms with van der Waals surface area (Å²) in [5, 5.41) is 0. The van der Waals surface area contributed by atoms with E-state index in [4.69, 9.17) is 0 Å². The Hall–Kier alpha value is -0.870. The monoisotopic (exact) mass is 292 g/mol. The van der Waals surface area contributed by atoms with Crippen molar-refractivity contribution in [3.8, 4) is 0 Å². The molecule has 0 radical (unpaired) electrons. The Morgan fingerprint density at radius 2 is 2.00 bits per heavy atom. The van der Waals surface area contributed by atoms with Crippen molar-refractivity contribution in [2.45, 2.75) is 51.1 Å². The number of hydrogen-bond acceptors (Lipinski definition) is 3. The van der Waals surface area contributed by atoms with E-state index in [1.165, 1.54) is 42.0 Å². The number of nitrogens with zero attached hydrogens (tertiary/aromatic N) is 2. The molecule has 0 saturated carbocycles. The van der Waals surface area contributed by atoms with Crippen LogP contribution in [0, 0.1) is 6.92 Å². The van der Waals surface area contributed by atoms with E-state index in [0.29, 0.717) is 24.4 Å². The first-order valence-corrected chi connectivity index (χ1v) is 8.52. The van der Waals surface area contributed by atoms with Gasteiger partial charge in [-0.2, -0.15) is 0 Å². The number of carbonyl (C=O) groups excluding carboxylic acids is 1. The molecule has 2 fully saturated rings. The molecule has 2 aliphatic heterocycles. The number of likely N-dealkylation sites (N-methyl/N-ethyl adjacent to an activating group) is 1. The standard InChI is InChI=1S/C16H24N2OS/c1-12-7-8-13(20-12)11-16(19)18-10-4-6-15(18)14-5-3-9-17(14)2/h7-8,14-15H,3-6,9-11H2,1-2H3/t14-,15+/m1/s1. The Morgan fingerprint density at radius 3 is 2.65 bits per heavy atom. The smallest absolute Gasteiger partial charge is 0.228 e. The van der Waals surface area contributed by atoms with E-state index in [0.717, 1.165) is 6.54 Å². The molecule has 0 aliphatic carbocycles. The molecule has 0 bridgehead atoms. The average molecular weight is 292 g/mol. The zero-order chi connectivity index (χ0) is 14.1. The van der Waals surface area contributed by atoms with Crippen LogP contribution in [0.15, 0.2) is 12.1 Å². The second kappa shape index (κ2) is 5.86. The van der Waals surface area contributed by atoms with Crippen LogP contribution in [0.1, 0.15) is 35.4 Å². The fourth-order valence-electron chi connectivity index (χ4n) is 3.76. The molecule has 3 rings (SSSR count). The van der Waals surface area contributed by atoms with Gasteiger partial charge in [-0.15, -0.1) is 11.3 Å². The maximum atomic E-state index is 12.6. The molecule has 1 aromatic rings. The fourth-order valence-corrected chi connectivity index (χ4v) is 4.64. The van der Waals surface area contributed by atoms with Crippen LogP contribution in [0.25, 0.3) is 0 Å². The van der Waals surface area contributed by atoms with E-state index in [-0.39, 0.29) is 0 Å². The van der Waals surface area contributed by atoms with Crippen LogP contribution in [0.3, 0.4) is 0 Å². The van der Waals surface area contributed by atoms with Crippen LogP contribution in [0.2, 0.25) is 0 Å². The summed E-state index contributed by atoms with van der Waals surface area (Å²) >= 11 is 1.75. The minimum absolute atomic E-state index is 0.328. The number of hydrogen-bond donors (Lipinski definition) is 0. The van der Waals surface area contributed by atoms with Crippen molar-refractivity contribution in [3.05, 3.63) is 21.9 Å². The predicted octanol–water partition coefficient (Wildman–Crippen LogP) is 2.68. The molecule has 1 amide bonds. The molecular formula is C16H24N2OS. The van der Waals surface area contributed by atoms with Gasteiger partial charge in [-0.3, -0.25) is 4.79 Å². The van der Waals surface area contributed by atoms with Crippen molar-refractivity contribution in [1.82, 2.24) is 9.80 Å². The number of rotatable bonds is 3. The molecule has 0 N–H and O–H groups in total. The largest absolute Gasteiger partial charge is 0.338 e. The summed E-state index contributed by atoms with van der Waals surface area (Å²) in [6, 6.07) is 5.26. The lowest BCUT2D eigenvalue weighted by Gasteiger charge is -2.33. The molecule has 2 saturated heterocycles. The third-order valence-corrected chi connectivity index (χ3v) is 5.76. The van der Waals surface area contributed by atoms with Crippen molar-refractivity contribution in [2.75, 3.05) is 20.1 Å². The number of carbonyl (C=O) groups is 1. The topological polar surface area (TPSA) is 23.6 Å². The van der Waals surface area contributed by atoms with Crippen molar-refractivity contribution in [1.29, 1.82) is 0 Å². The third-order valence-electron chi connectivity index (χ3n) is 4.76. The molecule has 110 valence electrons. The van der Waals surface area contributed by atoms with Crippen LogP contribution in [0.5, 0.6) is 0 Å². The van der Waals surface area contributed by atoms with Gasteiger partial charge in [0.15, 0.2) is 0 Å². The SMILES string of the molecule is Cc1ccc(CC(=O)N2CCC[C@H]2[C@H]2CCCN2C)s1. The van der Waals surface area contributed by atoms with E-state index in [2.05, 4.69) is 35.9 Å². The van der Waals surface area contributed by atoms with Crippen LogP contribution >= 0.6 is 11.3 Å². The highest BCUT2D eigenvalue weighted by atomic mass is 32.1.